The first kappa shape index (κ1) is 14.5. The molecule has 0 aliphatic carbocycles. The number of carbonyl (C=O) groups is 2. The first-order chi connectivity index (χ1) is 9.56. The molecule has 2 aromatic carbocycles. The Bertz CT molecular complexity index is 612. The summed E-state index contributed by atoms with van der Waals surface area (Å²) in [5, 5.41) is 0.626. The molecule has 0 heterocycles. The summed E-state index contributed by atoms with van der Waals surface area (Å²) in [6.07, 6.45) is 1.11. The van der Waals surface area contributed by atoms with Crippen molar-refractivity contribution < 1.29 is 9.59 Å². The van der Waals surface area contributed by atoms with Gasteiger partial charge in [-0.3, -0.25) is 9.59 Å². The lowest BCUT2D eigenvalue weighted by atomic mass is 10.0. The molecule has 0 spiro atoms. The predicted octanol–water partition coefficient (Wildman–Crippen LogP) is 4.36. The molecule has 3 heteroatoms. The van der Waals surface area contributed by atoms with E-state index in [9.17, 15) is 9.59 Å². The third kappa shape index (κ3) is 3.78. The monoisotopic (exact) mass is 286 g/mol. The Kier molecular flexibility index (Phi) is 4.70. The normalized spacial score (nSPS) is 10.3. The summed E-state index contributed by atoms with van der Waals surface area (Å²) < 4.78 is 0. The number of hydrogen-bond donors (Lipinski definition) is 0. The minimum atomic E-state index is 0.0498. The van der Waals surface area contributed by atoms with Crippen molar-refractivity contribution in [1.82, 2.24) is 0 Å². The molecule has 0 unspecified atom stereocenters. The van der Waals surface area contributed by atoms with Crippen molar-refractivity contribution in [1.29, 1.82) is 0 Å². The minimum absolute atomic E-state index is 0.0498. The average molecular weight is 287 g/mol. The lowest BCUT2D eigenvalue weighted by Crippen LogP contribution is -2.01. The van der Waals surface area contributed by atoms with Gasteiger partial charge in [0.25, 0.3) is 0 Å². The van der Waals surface area contributed by atoms with Gasteiger partial charge >= 0.3 is 0 Å². The maximum atomic E-state index is 12.0. The molecule has 2 nitrogen and oxygen atoms in total. The van der Waals surface area contributed by atoms with Gasteiger partial charge in [-0.25, -0.2) is 0 Å². The van der Waals surface area contributed by atoms with Crippen LogP contribution in [0.1, 0.15) is 39.6 Å². The fourth-order valence-electron chi connectivity index (χ4n) is 1.94. The highest BCUT2D eigenvalue weighted by atomic mass is 35.5. The van der Waals surface area contributed by atoms with E-state index < -0.39 is 0 Å². The molecule has 0 atom stereocenters. The van der Waals surface area contributed by atoms with Gasteiger partial charge in [0.1, 0.15) is 0 Å². The Hall–Kier alpha value is -1.93. The van der Waals surface area contributed by atoms with Crippen LogP contribution in [0.5, 0.6) is 0 Å². The van der Waals surface area contributed by atoms with Gasteiger partial charge in [-0.15, -0.1) is 0 Å². The molecule has 2 aromatic rings. The largest absolute Gasteiger partial charge is 0.295 e. The molecule has 2 rings (SSSR count). The van der Waals surface area contributed by atoms with Crippen LogP contribution in [-0.4, -0.2) is 11.6 Å². The smallest absolute Gasteiger partial charge is 0.163 e. The summed E-state index contributed by atoms with van der Waals surface area (Å²) in [5.74, 6) is 0.145. The molecule has 0 N–H and O–H groups in total. The predicted molar refractivity (Wildman–Crippen MR) is 80.6 cm³/mol. The third-order valence-electron chi connectivity index (χ3n) is 3.17. The maximum Gasteiger partial charge on any atom is 0.163 e. The summed E-state index contributed by atoms with van der Waals surface area (Å²) in [6, 6.07) is 14.3. The highest BCUT2D eigenvalue weighted by Gasteiger charge is 2.06. The van der Waals surface area contributed by atoms with E-state index in [4.69, 9.17) is 11.6 Å². The van der Waals surface area contributed by atoms with Crippen molar-refractivity contribution in [2.45, 2.75) is 19.8 Å². The van der Waals surface area contributed by atoms with E-state index in [1.54, 1.807) is 43.3 Å². The van der Waals surface area contributed by atoms with Crippen molar-refractivity contribution in [3.63, 3.8) is 0 Å². The van der Waals surface area contributed by atoms with E-state index in [2.05, 4.69) is 0 Å². The molecule has 20 heavy (non-hydrogen) atoms. The number of hydrogen-bond acceptors (Lipinski definition) is 2. The zero-order valence-electron chi connectivity index (χ0n) is 11.2. The Morgan fingerprint density at radius 1 is 0.900 bits per heavy atom. The molecule has 0 amide bonds. The number of benzene rings is 2. The van der Waals surface area contributed by atoms with Crippen LogP contribution in [0.3, 0.4) is 0 Å². The van der Waals surface area contributed by atoms with Crippen molar-refractivity contribution in [3.05, 3.63) is 70.2 Å². The number of ketones is 2. The first-order valence-electron chi connectivity index (χ1n) is 6.45. The van der Waals surface area contributed by atoms with E-state index in [0.29, 0.717) is 29.0 Å². The van der Waals surface area contributed by atoms with Gasteiger partial charge in [0, 0.05) is 22.6 Å². The van der Waals surface area contributed by atoms with Gasteiger partial charge in [0.15, 0.2) is 11.6 Å². The van der Waals surface area contributed by atoms with Crippen LogP contribution in [0.2, 0.25) is 5.02 Å². The number of carbonyl (C=O) groups excluding carboxylic acids is 2. The van der Waals surface area contributed by atoms with Gasteiger partial charge in [0.05, 0.1) is 0 Å². The summed E-state index contributed by atoms with van der Waals surface area (Å²) in [7, 11) is 0. The number of aryl methyl sites for hydroxylation is 1. The second-order valence-corrected chi connectivity index (χ2v) is 5.12. The van der Waals surface area contributed by atoms with Crippen molar-refractivity contribution in [3.8, 4) is 0 Å². The highest BCUT2D eigenvalue weighted by molar-refractivity contribution is 6.30. The lowest BCUT2D eigenvalue weighted by Gasteiger charge is -2.03. The quantitative estimate of drug-likeness (QED) is 0.765. The number of rotatable bonds is 5. The maximum absolute atomic E-state index is 12.0. The Morgan fingerprint density at radius 2 is 1.45 bits per heavy atom. The standard InChI is InChI=1S/C17H15ClO2/c1-12(19)14-5-2-13(3-6-14)4-11-17(20)15-7-9-16(18)10-8-15/h2-3,5-10H,4,11H2,1H3. The van der Waals surface area contributed by atoms with Gasteiger partial charge in [-0.1, -0.05) is 35.9 Å². The van der Waals surface area contributed by atoms with Gasteiger partial charge in [0.2, 0.25) is 0 Å². The van der Waals surface area contributed by atoms with Gasteiger partial charge in [-0.05, 0) is 43.2 Å². The molecule has 0 aliphatic rings. The van der Waals surface area contributed by atoms with E-state index in [-0.39, 0.29) is 11.6 Å². The number of halogens is 1. The molecular weight excluding hydrogens is 272 g/mol. The van der Waals surface area contributed by atoms with Gasteiger partial charge < -0.3 is 0 Å². The second kappa shape index (κ2) is 6.49. The Labute approximate surface area is 123 Å². The van der Waals surface area contributed by atoms with E-state index in [0.717, 1.165) is 5.56 Å². The van der Waals surface area contributed by atoms with Crippen molar-refractivity contribution in [2.75, 3.05) is 0 Å². The van der Waals surface area contributed by atoms with Crippen LogP contribution in [0.25, 0.3) is 0 Å². The fourth-order valence-corrected chi connectivity index (χ4v) is 2.07. The molecule has 0 saturated heterocycles. The van der Waals surface area contributed by atoms with E-state index >= 15 is 0 Å². The minimum Gasteiger partial charge on any atom is -0.295 e. The fraction of sp³-hybridized carbons (Fsp3) is 0.176. The molecule has 102 valence electrons. The van der Waals surface area contributed by atoms with Crippen LogP contribution in [0.4, 0.5) is 0 Å². The molecule has 0 aliphatic heterocycles. The van der Waals surface area contributed by atoms with Crippen molar-refractivity contribution >= 4 is 23.2 Å². The summed E-state index contributed by atoms with van der Waals surface area (Å²) in [5.41, 5.74) is 2.42. The molecule has 0 saturated carbocycles. The SMILES string of the molecule is CC(=O)c1ccc(CCC(=O)c2ccc(Cl)cc2)cc1. The zero-order chi connectivity index (χ0) is 14.5. The van der Waals surface area contributed by atoms with Crippen LogP contribution < -0.4 is 0 Å². The van der Waals surface area contributed by atoms with Crippen LogP contribution in [-0.2, 0) is 6.42 Å². The molecule has 0 radical (unpaired) electrons. The Balaban J connectivity index is 1.96. The zero-order valence-corrected chi connectivity index (χ0v) is 12.0. The van der Waals surface area contributed by atoms with E-state index in [1.165, 1.54) is 0 Å². The van der Waals surface area contributed by atoms with Gasteiger partial charge in [-0.2, -0.15) is 0 Å². The first-order valence-corrected chi connectivity index (χ1v) is 6.83. The summed E-state index contributed by atoms with van der Waals surface area (Å²) in [4.78, 5) is 23.2. The Morgan fingerprint density at radius 3 is 2.00 bits per heavy atom. The summed E-state index contributed by atoms with van der Waals surface area (Å²) >= 11 is 5.79. The van der Waals surface area contributed by atoms with Crippen LogP contribution >= 0.6 is 11.6 Å². The molecule has 0 fully saturated rings. The molecule has 0 bridgehead atoms. The topological polar surface area (TPSA) is 34.1 Å². The molecular formula is C17H15ClO2. The third-order valence-corrected chi connectivity index (χ3v) is 3.42. The van der Waals surface area contributed by atoms with Crippen LogP contribution in [0.15, 0.2) is 48.5 Å². The van der Waals surface area contributed by atoms with Crippen molar-refractivity contribution in [2.24, 2.45) is 0 Å². The van der Waals surface area contributed by atoms with E-state index in [1.807, 2.05) is 12.1 Å². The van der Waals surface area contributed by atoms with Crippen LogP contribution in [0, 0.1) is 0 Å². The lowest BCUT2D eigenvalue weighted by molar-refractivity contribution is 0.0980. The second-order valence-electron chi connectivity index (χ2n) is 4.68. The average Bonchev–Trinajstić information content (AvgIpc) is 2.46. The molecule has 0 aromatic heterocycles. The highest BCUT2D eigenvalue weighted by Crippen LogP contribution is 2.13. The summed E-state index contributed by atoms with van der Waals surface area (Å²) in [6.45, 7) is 1.54. The number of Topliss-reactive ketones (excluding diaryl/α,β-unsaturated/α-hetero) is 2.